The molecule has 1 atom stereocenters. The van der Waals surface area contributed by atoms with Crippen molar-refractivity contribution in [3.05, 3.63) is 53.1 Å². The van der Waals surface area contributed by atoms with Gasteiger partial charge < -0.3 is 10.2 Å². The molecule has 1 aliphatic rings. The maximum atomic E-state index is 12.7. The smallest absolute Gasteiger partial charge is 0.226 e. The molecule has 29 heavy (non-hydrogen) atoms. The summed E-state index contributed by atoms with van der Waals surface area (Å²) in [4.78, 5) is 26.2. The molecule has 2 amide bonds. The van der Waals surface area contributed by atoms with Crippen LogP contribution >= 0.6 is 11.6 Å². The first-order valence-electron chi connectivity index (χ1n) is 9.44. The fraction of sp³-hybridized carbons (Fsp3) is 0.333. The second-order valence-corrected chi connectivity index (χ2v) is 9.63. The van der Waals surface area contributed by atoms with E-state index in [4.69, 9.17) is 11.6 Å². The number of hydrogen-bond donors (Lipinski definition) is 1. The van der Waals surface area contributed by atoms with Gasteiger partial charge in [0.05, 0.1) is 10.6 Å². The molecule has 2 aromatic rings. The largest absolute Gasteiger partial charge is 0.326 e. The monoisotopic (exact) mass is 434 g/mol. The van der Waals surface area contributed by atoms with E-state index < -0.39 is 9.84 Å². The molecule has 0 saturated carbocycles. The van der Waals surface area contributed by atoms with E-state index in [1.807, 2.05) is 6.92 Å². The van der Waals surface area contributed by atoms with Crippen LogP contribution in [0.1, 0.15) is 32.3 Å². The zero-order valence-corrected chi connectivity index (χ0v) is 17.9. The van der Waals surface area contributed by atoms with Crippen molar-refractivity contribution >= 4 is 44.6 Å². The van der Waals surface area contributed by atoms with Crippen molar-refractivity contribution in [3.63, 3.8) is 0 Å². The van der Waals surface area contributed by atoms with Gasteiger partial charge in [-0.3, -0.25) is 9.59 Å². The van der Waals surface area contributed by atoms with Crippen LogP contribution in [0.2, 0.25) is 5.02 Å². The first-order valence-corrected chi connectivity index (χ1v) is 11.5. The zero-order chi connectivity index (χ0) is 21.2. The van der Waals surface area contributed by atoms with Gasteiger partial charge in [-0.05, 0) is 61.4 Å². The van der Waals surface area contributed by atoms with E-state index >= 15 is 0 Å². The molecule has 1 N–H and O–H groups in total. The number of amides is 2. The predicted molar refractivity (Wildman–Crippen MR) is 114 cm³/mol. The number of halogens is 1. The van der Waals surface area contributed by atoms with Gasteiger partial charge in [0.15, 0.2) is 9.84 Å². The normalized spacial score (nSPS) is 15.8. The highest BCUT2D eigenvalue weighted by Gasteiger charge is 2.31. The van der Waals surface area contributed by atoms with Crippen LogP contribution in [0.25, 0.3) is 0 Å². The summed E-state index contributed by atoms with van der Waals surface area (Å²) in [5, 5.41) is 3.21. The highest BCUT2D eigenvalue weighted by molar-refractivity contribution is 7.91. The Balaban J connectivity index is 1.69. The van der Waals surface area contributed by atoms with Crippen molar-refractivity contribution in [1.29, 1.82) is 0 Å². The van der Waals surface area contributed by atoms with Crippen LogP contribution in [0.4, 0.5) is 11.4 Å². The van der Waals surface area contributed by atoms with Crippen LogP contribution in [-0.4, -0.2) is 32.0 Å². The molecule has 0 aromatic heterocycles. The number of carbonyl (C=O) groups is 2. The Labute approximate surface area is 175 Å². The van der Waals surface area contributed by atoms with Crippen molar-refractivity contribution < 1.29 is 18.0 Å². The lowest BCUT2D eigenvalue weighted by atomic mass is 10.1. The van der Waals surface area contributed by atoms with Crippen LogP contribution in [0.3, 0.4) is 0 Å². The van der Waals surface area contributed by atoms with Gasteiger partial charge in [0, 0.05) is 35.3 Å². The molecule has 0 saturated heterocycles. The van der Waals surface area contributed by atoms with E-state index in [0.717, 1.165) is 11.3 Å². The van der Waals surface area contributed by atoms with Gasteiger partial charge in [0.1, 0.15) is 0 Å². The molecule has 0 unspecified atom stereocenters. The van der Waals surface area contributed by atoms with Crippen molar-refractivity contribution in [2.24, 2.45) is 0 Å². The fourth-order valence-corrected chi connectivity index (χ4v) is 4.87. The van der Waals surface area contributed by atoms with Gasteiger partial charge >= 0.3 is 0 Å². The molecule has 0 spiro atoms. The second kappa shape index (κ2) is 8.55. The highest BCUT2D eigenvalue weighted by Crippen LogP contribution is 2.34. The van der Waals surface area contributed by atoms with Crippen LogP contribution in [-0.2, 0) is 25.8 Å². The molecule has 1 heterocycles. The second-order valence-electron chi connectivity index (χ2n) is 7.08. The third-order valence-corrected chi connectivity index (χ3v) is 6.89. The van der Waals surface area contributed by atoms with Crippen molar-refractivity contribution in [2.75, 3.05) is 16.0 Å². The van der Waals surface area contributed by atoms with E-state index in [-0.39, 0.29) is 34.9 Å². The number of nitrogens with zero attached hydrogens (tertiary/aromatic N) is 1. The average molecular weight is 435 g/mol. The van der Waals surface area contributed by atoms with Crippen LogP contribution in [0.5, 0.6) is 0 Å². The Morgan fingerprint density at radius 3 is 2.52 bits per heavy atom. The lowest BCUT2D eigenvalue weighted by Gasteiger charge is -2.22. The summed E-state index contributed by atoms with van der Waals surface area (Å²) in [6.45, 7) is 3.75. The molecule has 8 heteroatoms. The molecular weight excluding hydrogens is 412 g/mol. The summed E-state index contributed by atoms with van der Waals surface area (Å²) in [5.74, 6) is -0.658. The summed E-state index contributed by atoms with van der Waals surface area (Å²) in [6.07, 6.45) is 0.854. The van der Waals surface area contributed by atoms with Crippen molar-refractivity contribution in [1.82, 2.24) is 0 Å². The Kier molecular flexibility index (Phi) is 6.29. The summed E-state index contributed by atoms with van der Waals surface area (Å²) >= 11 is 5.81. The number of anilines is 2. The van der Waals surface area contributed by atoms with E-state index in [9.17, 15) is 18.0 Å². The van der Waals surface area contributed by atoms with Crippen LogP contribution in [0, 0.1) is 0 Å². The fourth-order valence-electron chi connectivity index (χ4n) is 3.45. The summed E-state index contributed by atoms with van der Waals surface area (Å²) < 4.78 is 25.4. The lowest BCUT2D eigenvalue weighted by Crippen LogP contribution is -2.35. The van der Waals surface area contributed by atoms with Gasteiger partial charge in [-0.2, -0.15) is 0 Å². The number of sulfone groups is 1. The number of nitrogens with one attached hydrogen (secondary N) is 1. The number of fused-ring (bicyclic) bond motifs is 1. The van der Waals surface area contributed by atoms with E-state index in [2.05, 4.69) is 5.32 Å². The van der Waals surface area contributed by atoms with Crippen LogP contribution < -0.4 is 10.2 Å². The van der Waals surface area contributed by atoms with Gasteiger partial charge in [-0.1, -0.05) is 18.5 Å². The van der Waals surface area contributed by atoms with Crippen LogP contribution in [0.15, 0.2) is 47.4 Å². The summed E-state index contributed by atoms with van der Waals surface area (Å²) in [7, 11) is -3.62. The SMILES string of the molecule is CCC(=O)N1c2ccc(S(=O)(=O)CCC(=O)Nc3ccc(Cl)cc3)cc2C[C@@H]1C. The summed E-state index contributed by atoms with van der Waals surface area (Å²) in [6, 6.07) is 11.4. The predicted octanol–water partition coefficient (Wildman–Crippen LogP) is 3.83. The topological polar surface area (TPSA) is 83.6 Å². The zero-order valence-electron chi connectivity index (χ0n) is 16.3. The number of rotatable bonds is 6. The van der Waals surface area contributed by atoms with E-state index in [0.29, 0.717) is 23.6 Å². The molecular formula is C21H23ClN2O4S. The summed E-state index contributed by atoms with van der Waals surface area (Å²) in [5.41, 5.74) is 2.17. The molecule has 154 valence electrons. The molecule has 2 aromatic carbocycles. The molecule has 1 aliphatic heterocycles. The maximum Gasteiger partial charge on any atom is 0.226 e. The van der Waals surface area contributed by atoms with Gasteiger partial charge in [0.2, 0.25) is 11.8 Å². The first-order chi connectivity index (χ1) is 13.7. The van der Waals surface area contributed by atoms with Crippen molar-refractivity contribution in [2.45, 2.75) is 44.0 Å². The molecule has 0 aliphatic carbocycles. The highest BCUT2D eigenvalue weighted by atomic mass is 35.5. The van der Waals surface area contributed by atoms with Crippen molar-refractivity contribution in [3.8, 4) is 0 Å². The quantitative estimate of drug-likeness (QED) is 0.748. The minimum atomic E-state index is -3.62. The minimum absolute atomic E-state index is 0.000516. The minimum Gasteiger partial charge on any atom is -0.326 e. The van der Waals surface area contributed by atoms with E-state index in [1.54, 1.807) is 48.2 Å². The molecule has 3 rings (SSSR count). The standard InChI is InChI=1S/C21H23ClN2O4S/c1-3-21(26)24-14(2)12-15-13-18(8-9-19(15)24)29(27,28)11-10-20(25)23-17-6-4-16(22)5-7-17/h4-9,13-14H,3,10-12H2,1-2H3,(H,23,25)/t14-/m0/s1. The van der Waals surface area contributed by atoms with Gasteiger partial charge in [-0.15, -0.1) is 0 Å². The molecule has 6 nitrogen and oxygen atoms in total. The Bertz CT molecular complexity index is 1040. The Hall–Kier alpha value is -2.38. The average Bonchev–Trinajstić information content (AvgIpc) is 3.02. The van der Waals surface area contributed by atoms with Gasteiger partial charge in [-0.25, -0.2) is 8.42 Å². The number of hydrogen-bond acceptors (Lipinski definition) is 4. The molecule has 0 bridgehead atoms. The third-order valence-electron chi connectivity index (χ3n) is 4.92. The third kappa shape index (κ3) is 4.79. The Morgan fingerprint density at radius 2 is 1.86 bits per heavy atom. The lowest BCUT2D eigenvalue weighted by molar-refractivity contribution is -0.118. The molecule has 0 fully saturated rings. The number of benzene rings is 2. The first kappa shape index (κ1) is 21.3. The van der Waals surface area contributed by atoms with E-state index in [1.165, 1.54) is 6.07 Å². The Morgan fingerprint density at radius 1 is 1.17 bits per heavy atom. The maximum absolute atomic E-state index is 12.7. The number of carbonyl (C=O) groups excluding carboxylic acids is 2. The van der Waals surface area contributed by atoms with Gasteiger partial charge in [0.25, 0.3) is 0 Å². The molecule has 0 radical (unpaired) electrons.